The molecule has 0 saturated heterocycles. The van der Waals surface area contributed by atoms with Gasteiger partial charge in [0.2, 0.25) is 0 Å². The number of rotatable bonds is 19. The van der Waals surface area contributed by atoms with Gasteiger partial charge in [0, 0.05) is 20.1 Å². The van der Waals surface area contributed by atoms with Gasteiger partial charge in [-0.05, 0) is 19.8 Å². The Balaban J connectivity index is 4.02. The predicted molar refractivity (Wildman–Crippen MR) is 111 cm³/mol. The Hall–Kier alpha value is -0.0800. The van der Waals surface area contributed by atoms with Crippen molar-refractivity contribution in [3.63, 3.8) is 0 Å². The highest BCUT2D eigenvalue weighted by molar-refractivity contribution is 4.75. The molecule has 0 aromatic carbocycles. The smallest absolute Gasteiger partial charge is 0.167 e. The third-order valence-electron chi connectivity index (χ3n) is 5.86. The summed E-state index contributed by atoms with van der Waals surface area (Å²) in [7, 11) is 3.59. The molecular weight excluding hydrogens is 308 g/mol. The van der Waals surface area contributed by atoms with E-state index in [1.807, 2.05) is 0 Å². The molecular formula is C23H48O2. The summed E-state index contributed by atoms with van der Waals surface area (Å²) in [6, 6.07) is 0. The van der Waals surface area contributed by atoms with Crippen molar-refractivity contribution >= 4 is 0 Å². The number of methoxy groups -OCH3 is 2. The molecule has 2 nitrogen and oxygen atoms in total. The molecule has 0 aliphatic heterocycles. The predicted octanol–water partition coefficient (Wildman–Crippen LogP) is 7.89. The molecule has 0 rings (SSSR count). The molecule has 0 aromatic heterocycles. The summed E-state index contributed by atoms with van der Waals surface area (Å²) in [5.41, 5.74) is 0. The minimum Gasteiger partial charge on any atom is -0.353 e. The van der Waals surface area contributed by atoms with Crippen LogP contribution in [0.15, 0.2) is 0 Å². The molecule has 0 saturated carbocycles. The van der Waals surface area contributed by atoms with Crippen molar-refractivity contribution < 1.29 is 9.47 Å². The SMILES string of the molecule is CCCCCCCCCCC(CCCCCCCC)C(C)(OC)OC. The quantitative estimate of drug-likeness (QED) is 0.173. The molecule has 0 aliphatic carbocycles. The lowest BCUT2D eigenvalue weighted by molar-refractivity contribution is -0.230. The molecule has 0 bridgehead atoms. The van der Waals surface area contributed by atoms with Gasteiger partial charge >= 0.3 is 0 Å². The van der Waals surface area contributed by atoms with Gasteiger partial charge < -0.3 is 9.47 Å². The summed E-state index contributed by atoms with van der Waals surface area (Å²) in [6.07, 6.45) is 21.7. The molecule has 0 heterocycles. The van der Waals surface area contributed by atoms with Gasteiger partial charge in [-0.3, -0.25) is 0 Å². The molecule has 0 fully saturated rings. The summed E-state index contributed by atoms with van der Waals surface area (Å²) in [4.78, 5) is 0. The fraction of sp³-hybridized carbons (Fsp3) is 1.00. The van der Waals surface area contributed by atoms with Crippen LogP contribution >= 0.6 is 0 Å². The van der Waals surface area contributed by atoms with Gasteiger partial charge in [-0.1, -0.05) is 104 Å². The lowest BCUT2D eigenvalue weighted by Gasteiger charge is -2.35. The summed E-state index contributed by atoms with van der Waals surface area (Å²) in [5, 5.41) is 0. The first-order valence-corrected chi connectivity index (χ1v) is 11.2. The van der Waals surface area contributed by atoms with Crippen molar-refractivity contribution in [2.24, 2.45) is 5.92 Å². The van der Waals surface area contributed by atoms with Gasteiger partial charge in [-0.2, -0.15) is 0 Å². The summed E-state index contributed by atoms with van der Waals surface area (Å²) in [6.45, 7) is 6.69. The van der Waals surface area contributed by atoms with Crippen LogP contribution < -0.4 is 0 Å². The summed E-state index contributed by atoms with van der Waals surface area (Å²) < 4.78 is 11.5. The Labute approximate surface area is 159 Å². The Morgan fingerprint density at radius 3 is 1.20 bits per heavy atom. The normalized spacial score (nSPS) is 13.3. The van der Waals surface area contributed by atoms with Crippen LogP contribution in [-0.2, 0) is 9.47 Å². The van der Waals surface area contributed by atoms with Gasteiger partial charge in [-0.25, -0.2) is 0 Å². The van der Waals surface area contributed by atoms with Crippen molar-refractivity contribution in [2.75, 3.05) is 14.2 Å². The monoisotopic (exact) mass is 356 g/mol. The first kappa shape index (κ1) is 24.9. The Kier molecular flexibility index (Phi) is 17.3. The van der Waals surface area contributed by atoms with Crippen molar-refractivity contribution in [3.05, 3.63) is 0 Å². The Morgan fingerprint density at radius 1 is 0.560 bits per heavy atom. The maximum Gasteiger partial charge on any atom is 0.167 e. The fourth-order valence-corrected chi connectivity index (χ4v) is 3.78. The van der Waals surface area contributed by atoms with Crippen LogP contribution in [0.3, 0.4) is 0 Å². The number of hydrogen-bond donors (Lipinski definition) is 0. The molecule has 1 atom stereocenters. The topological polar surface area (TPSA) is 18.5 Å². The van der Waals surface area contributed by atoms with Crippen LogP contribution in [0.4, 0.5) is 0 Å². The lowest BCUT2D eigenvalue weighted by atomic mass is 9.87. The Morgan fingerprint density at radius 2 is 0.880 bits per heavy atom. The second-order valence-corrected chi connectivity index (χ2v) is 7.94. The molecule has 0 N–H and O–H groups in total. The van der Waals surface area contributed by atoms with Gasteiger partial charge in [0.05, 0.1) is 0 Å². The van der Waals surface area contributed by atoms with Crippen LogP contribution in [0.2, 0.25) is 0 Å². The van der Waals surface area contributed by atoms with E-state index in [9.17, 15) is 0 Å². The maximum atomic E-state index is 5.74. The third kappa shape index (κ3) is 12.8. The standard InChI is InChI=1S/C23H48O2/c1-6-8-10-12-14-15-17-19-21-22(23(3,24-4)25-5)20-18-16-13-11-9-7-2/h22H,6-21H2,1-5H3. The number of unbranched alkanes of at least 4 members (excludes halogenated alkanes) is 12. The van der Waals surface area contributed by atoms with E-state index in [1.54, 1.807) is 14.2 Å². The molecule has 0 aliphatic rings. The molecule has 1 unspecified atom stereocenters. The van der Waals surface area contributed by atoms with Crippen molar-refractivity contribution in [3.8, 4) is 0 Å². The number of ether oxygens (including phenoxy) is 2. The highest BCUT2D eigenvalue weighted by atomic mass is 16.7. The molecule has 0 aromatic rings. The van der Waals surface area contributed by atoms with E-state index in [4.69, 9.17) is 9.47 Å². The highest BCUT2D eigenvalue weighted by Gasteiger charge is 2.33. The summed E-state index contributed by atoms with van der Waals surface area (Å²) >= 11 is 0. The van der Waals surface area contributed by atoms with Gasteiger partial charge in [-0.15, -0.1) is 0 Å². The first-order chi connectivity index (χ1) is 12.1. The third-order valence-corrected chi connectivity index (χ3v) is 5.86. The van der Waals surface area contributed by atoms with E-state index in [1.165, 1.54) is 103 Å². The van der Waals surface area contributed by atoms with Crippen LogP contribution in [-0.4, -0.2) is 20.0 Å². The minimum atomic E-state index is -0.412. The minimum absolute atomic E-state index is 0.412. The zero-order chi connectivity index (χ0) is 18.8. The molecule has 0 radical (unpaired) electrons. The van der Waals surface area contributed by atoms with Crippen LogP contribution in [0.1, 0.15) is 124 Å². The second-order valence-electron chi connectivity index (χ2n) is 7.94. The maximum absolute atomic E-state index is 5.74. The largest absolute Gasteiger partial charge is 0.353 e. The highest BCUT2D eigenvalue weighted by Crippen LogP contribution is 2.32. The van der Waals surface area contributed by atoms with Gasteiger partial charge in [0.15, 0.2) is 5.79 Å². The van der Waals surface area contributed by atoms with Gasteiger partial charge in [0.25, 0.3) is 0 Å². The van der Waals surface area contributed by atoms with E-state index in [0.29, 0.717) is 5.92 Å². The van der Waals surface area contributed by atoms with E-state index in [-0.39, 0.29) is 0 Å². The van der Waals surface area contributed by atoms with Gasteiger partial charge in [0.1, 0.15) is 0 Å². The van der Waals surface area contributed by atoms with E-state index < -0.39 is 5.79 Å². The van der Waals surface area contributed by atoms with E-state index >= 15 is 0 Å². The average Bonchev–Trinajstić information content (AvgIpc) is 2.64. The summed E-state index contributed by atoms with van der Waals surface area (Å²) in [5.74, 6) is 0.110. The molecule has 2 heteroatoms. The molecule has 152 valence electrons. The number of hydrogen-bond acceptors (Lipinski definition) is 2. The second kappa shape index (κ2) is 17.3. The average molecular weight is 357 g/mol. The Bertz CT molecular complexity index is 261. The fourth-order valence-electron chi connectivity index (χ4n) is 3.78. The van der Waals surface area contributed by atoms with Crippen molar-refractivity contribution in [2.45, 2.75) is 129 Å². The van der Waals surface area contributed by atoms with Crippen molar-refractivity contribution in [1.29, 1.82) is 0 Å². The van der Waals surface area contributed by atoms with Crippen LogP contribution in [0.5, 0.6) is 0 Å². The van der Waals surface area contributed by atoms with E-state index in [0.717, 1.165) is 0 Å². The van der Waals surface area contributed by atoms with Crippen LogP contribution in [0.25, 0.3) is 0 Å². The van der Waals surface area contributed by atoms with Crippen molar-refractivity contribution in [1.82, 2.24) is 0 Å². The molecule has 0 spiro atoms. The molecule has 0 amide bonds. The lowest BCUT2D eigenvalue weighted by Crippen LogP contribution is -2.39. The van der Waals surface area contributed by atoms with E-state index in [2.05, 4.69) is 20.8 Å². The zero-order valence-corrected chi connectivity index (χ0v) is 18.2. The molecule has 25 heavy (non-hydrogen) atoms. The first-order valence-electron chi connectivity index (χ1n) is 11.2. The zero-order valence-electron chi connectivity index (χ0n) is 18.2. The van der Waals surface area contributed by atoms with Crippen LogP contribution in [0, 0.1) is 5.92 Å².